The fourth-order valence-corrected chi connectivity index (χ4v) is 3.94. The van der Waals surface area contributed by atoms with Gasteiger partial charge in [0.15, 0.2) is 5.52 Å². The first-order chi connectivity index (χ1) is 13.9. The molecule has 0 aliphatic rings. The van der Waals surface area contributed by atoms with Crippen molar-refractivity contribution in [2.24, 2.45) is 0 Å². The summed E-state index contributed by atoms with van der Waals surface area (Å²) in [5.41, 5.74) is -5.15. The van der Waals surface area contributed by atoms with Crippen LogP contribution in [0.15, 0.2) is 36.4 Å². The zero-order valence-corrected chi connectivity index (χ0v) is 18.4. The third-order valence-corrected chi connectivity index (χ3v) is 5.67. The summed E-state index contributed by atoms with van der Waals surface area (Å²) in [5.74, 6) is 0.538. The van der Waals surface area contributed by atoms with E-state index in [-0.39, 0.29) is 20.3 Å². The van der Waals surface area contributed by atoms with Crippen molar-refractivity contribution in [3.8, 4) is 5.75 Å². The number of ether oxygens (including phenoxy) is 1. The molecule has 1 atom stereocenters. The zero-order valence-electron chi connectivity index (χ0n) is 18.4. The van der Waals surface area contributed by atoms with Crippen LogP contribution >= 0.6 is 8.58 Å². The average molecular weight is 458 g/mol. The first-order valence-electron chi connectivity index (χ1n) is 9.27. The quantitative estimate of drug-likeness (QED) is 0.260. The van der Waals surface area contributed by atoms with Crippen molar-refractivity contribution in [2.75, 3.05) is 6.61 Å². The molecule has 2 aromatic rings. The van der Waals surface area contributed by atoms with E-state index in [9.17, 15) is 31.1 Å². The van der Waals surface area contributed by atoms with Gasteiger partial charge in [-0.2, -0.15) is 26.3 Å². The van der Waals surface area contributed by atoms with Crippen LogP contribution in [0.1, 0.15) is 54.7 Å². The fraction of sp³-hybridized carbons (Fsp3) is 0.381. The average Bonchev–Trinajstić information content (AvgIpc) is 2.65. The molecule has 0 saturated carbocycles. The van der Waals surface area contributed by atoms with Gasteiger partial charge >= 0.3 is 31.2 Å². The molecule has 10 heteroatoms. The molecule has 0 fully saturated rings. The van der Waals surface area contributed by atoms with Crippen LogP contribution in [0.3, 0.4) is 0 Å². The summed E-state index contributed by atoms with van der Waals surface area (Å²) < 4.78 is 85.3. The van der Waals surface area contributed by atoms with Crippen LogP contribution in [-0.4, -0.2) is 12.1 Å². The van der Waals surface area contributed by atoms with Gasteiger partial charge in [-0.25, -0.2) is 0 Å². The number of halogens is 6. The molecular weight excluding hydrogens is 436 g/mol. The predicted molar refractivity (Wildman–Crippen MR) is 106 cm³/mol. The van der Waals surface area contributed by atoms with E-state index in [0.717, 1.165) is 19.3 Å². The molecule has 1 unspecified atom stereocenters. The Balaban J connectivity index is 0.00000480. The van der Waals surface area contributed by atoms with Gasteiger partial charge in [0.25, 0.3) is 0 Å². The molecule has 31 heavy (non-hydrogen) atoms. The van der Waals surface area contributed by atoms with E-state index >= 15 is 0 Å². The molecule has 0 aliphatic heterocycles. The number of aryl methyl sites for hydroxylation is 1. The SMILES string of the molecule is CCCCCOc1ccc(PC(=O)c2c(C(F)(F)F)cccc2C(F)(F)F)c(C)c1.[H-].[Li+]. The molecule has 0 aliphatic carbocycles. The maximum absolute atomic E-state index is 13.3. The van der Waals surface area contributed by atoms with Crippen molar-refractivity contribution in [1.82, 2.24) is 0 Å². The largest absolute Gasteiger partial charge is 1.00 e. The minimum Gasteiger partial charge on any atom is -1.00 e. The van der Waals surface area contributed by atoms with Gasteiger partial charge < -0.3 is 6.16 Å². The van der Waals surface area contributed by atoms with Crippen molar-refractivity contribution < 1.29 is 56.2 Å². The van der Waals surface area contributed by atoms with Crippen LogP contribution in [0, 0.1) is 6.92 Å². The van der Waals surface area contributed by atoms with E-state index in [0.29, 0.717) is 41.4 Å². The zero-order chi connectivity index (χ0) is 22.5. The molecule has 0 bridgehead atoms. The molecular formula is C21H22F6LiO2P. The Bertz CT molecular complexity index is 871. The van der Waals surface area contributed by atoms with Gasteiger partial charge in [-0.15, -0.1) is 0 Å². The molecule has 0 saturated heterocycles. The Morgan fingerprint density at radius 3 is 2.06 bits per heavy atom. The number of hydrogen-bond acceptors (Lipinski definition) is 2. The van der Waals surface area contributed by atoms with Gasteiger partial charge in [-0.3, -0.25) is 4.79 Å². The molecule has 2 nitrogen and oxygen atoms in total. The first kappa shape index (κ1) is 27.6. The Kier molecular flexibility index (Phi) is 10.1. The predicted octanol–water partition coefficient (Wildman–Crippen LogP) is 3.86. The monoisotopic (exact) mass is 458 g/mol. The van der Waals surface area contributed by atoms with Crippen LogP contribution in [0.4, 0.5) is 26.3 Å². The summed E-state index contributed by atoms with van der Waals surface area (Å²) in [6, 6.07) is 6.34. The van der Waals surface area contributed by atoms with Crippen molar-refractivity contribution in [3.63, 3.8) is 0 Å². The maximum atomic E-state index is 13.3. The first-order valence-corrected chi connectivity index (χ1v) is 10.3. The van der Waals surface area contributed by atoms with E-state index in [2.05, 4.69) is 6.92 Å². The van der Waals surface area contributed by atoms with E-state index < -0.39 is 43.1 Å². The summed E-state index contributed by atoms with van der Waals surface area (Å²) in [6.45, 7) is 4.19. The fourth-order valence-electron chi connectivity index (χ4n) is 2.86. The van der Waals surface area contributed by atoms with Crippen LogP contribution < -0.4 is 28.9 Å². The van der Waals surface area contributed by atoms with Crippen molar-refractivity contribution >= 4 is 19.4 Å². The van der Waals surface area contributed by atoms with Crippen molar-refractivity contribution in [3.05, 3.63) is 58.7 Å². The van der Waals surface area contributed by atoms with E-state index in [4.69, 9.17) is 4.74 Å². The third-order valence-electron chi connectivity index (χ3n) is 4.37. The molecule has 2 rings (SSSR count). The smallest absolute Gasteiger partial charge is 1.00 e. The number of carbonyl (C=O) groups is 1. The maximum Gasteiger partial charge on any atom is 1.00 e. The van der Waals surface area contributed by atoms with Crippen molar-refractivity contribution in [1.29, 1.82) is 0 Å². The summed E-state index contributed by atoms with van der Waals surface area (Å²) >= 11 is 0. The normalized spacial score (nSPS) is 12.1. The second kappa shape index (κ2) is 11.4. The van der Waals surface area contributed by atoms with Gasteiger partial charge in [0.05, 0.1) is 17.7 Å². The van der Waals surface area contributed by atoms with Crippen LogP contribution in [0.2, 0.25) is 0 Å². The molecule has 0 aromatic heterocycles. The molecule has 0 spiro atoms. The second-order valence-corrected chi connectivity index (χ2v) is 7.95. The van der Waals surface area contributed by atoms with Gasteiger partial charge in [-0.1, -0.05) is 31.9 Å². The van der Waals surface area contributed by atoms with Gasteiger partial charge in [0.1, 0.15) is 5.75 Å². The van der Waals surface area contributed by atoms with Crippen molar-refractivity contribution in [2.45, 2.75) is 45.5 Å². The minimum absolute atomic E-state index is 0. The van der Waals surface area contributed by atoms with Crippen LogP contribution in [0.25, 0.3) is 0 Å². The number of alkyl halides is 6. The second-order valence-electron chi connectivity index (χ2n) is 6.71. The Labute approximate surface area is 192 Å². The number of unbranched alkanes of at least 4 members (excludes halogenated alkanes) is 2. The van der Waals surface area contributed by atoms with Crippen LogP contribution in [-0.2, 0) is 12.4 Å². The van der Waals surface area contributed by atoms with Gasteiger partial charge in [-0.05, 0) is 57.1 Å². The summed E-state index contributed by atoms with van der Waals surface area (Å²) in [5, 5.41) is 0.367. The molecule has 0 amide bonds. The topological polar surface area (TPSA) is 26.3 Å². The Hall–Kier alpha value is -1.48. The summed E-state index contributed by atoms with van der Waals surface area (Å²) in [7, 11) is -0.890. The molecule has 0 N–H and O–H groups in total. The molecule has 0 heterocycles. The molecule has 0 radical (unpaired) electrons. The standard InChI is InChI=1S/C21H21F6O2P.Li.H/c1-3-4-5-11-29-14-9-10-17(13(2)12-14)30-19(28)18-15(20(22,23)24)7-6-8-16(18)21(25,26)27;;/h6-10,12,30H,3-5,11H2,1-2H3;;/q;+1;-1. The molecule has 166 valence electrons. The number of hydrogen-bond donors (Lipinski definition) is 0. The van der Waals surface area contributed by atoms with E-state index in [1.54, 1.807) is 19.1 Å². The van der Waals surface area contributed by atoms with E-state index in [1.165, 1.54) is 6.07 Å². The number of carbonyl (C=O) groups excluding carboxylic acids is 1. The van der Waals surface area contributed by atoms with Gasteiger partial charge in [0, 0.05) is 5.56 Å². The summed E-state index contributed by atoms with van der Waals surface area (Å²) in [4.78, 5) is 12.6. The van der Waals surface area contributed by atoms with Gasteiger partial charge in [0.2, 0.25) is 0 Å². The third kappa shape index (κ3) is 7.56. The van der Waals surface area contributed by atoms with E-state index in [1.807, 2.05) is 0 Å². The molecule has 2 aromatic carbocycles. The minimum atomic E-state index is -5.08. The Morgan fingerprint density at radius 1 is 1.00 bits per heavy atom. The Morgan fingerprint density at radius 2 is 1.58 bits per heavy atom. The summed E-state index contributed by atoms with van der Waals surface area (Å²) in [6.07, 6.45) is -7.26. The number of rotatable bonds is 8. The van der Waals surface area contributed by atoms with Crippen LogP contribution in [0.5, 0.6) is 5.75 Å². The number of benzene rings is 2.